The van der Waals surface area contributed by atoms with Gasteiger partial charge in [-0.15, -0.1) is 0 Å². The first kappa shape index (κ1) is 16.5. The van der Waals surface area contributed by atoms with Crippen molar-refractivity contribution < 1.29 is 4.74 Å². The molecule has 0 radical (unpaired) electrons. The average molecular weight is 288 g/mol. The number of rotatable bonds is 9. The maximum absolute atomic E-state index is 6.31. The Labute approximate surface area is 121 Å². The fourth-order valence-electron chi connectivity index (χ4n) is 2.16. The van der Waals surface area contributed by atoms with Crippen molar-refractivity contribution in [1.82, 2.24) is 15.1 Å². The molecular weight excluding hydrogens is 262 g/mol. The summed E-state index contributed by atoms with van der Waals surface area (Å²) in [5.74, 6) is 0.690. The summed E-state index contributed by atoms with van der Waals surface area (Å²) in [6.45, 7) is 8.91. The van der Waals surface area contributed by atoms with Crippen LogP contribution in [0.25, 0.3) is 0 Å². The highest BCUT2D eigenvalue weighted by Crippen LogP contribution is 2.27. The minimum atomic E-state index is 0.263. The summed E-state index contributed by atoms with van der Waals surface area (Å²) in [5.41, 5.74) is 1.08. The molecule has 0 saturated heterocycles. The van der Waals surface area contributed by atoms with Gasteiger partial charge >= 0.3 is 0 Å². The quantitative estimate of drug-likeness (QED) is 0.758. The first-order valence-corrected chi connectivity index (χ1v) is 7.41. The largest absolute Gasteiger partial charge is 0.383 e. The molecule has 0 fully saturated rings. The lowest BCUT2D eigenvalue weighted by Crippen LogP contribution is -2.25. The van der Waals surface area contributed by atoms with Crippen molar-refractivity contribution >= 4 is 11.6 Å². The summed E-state index contributed by atoms with van der Waals surface area (Å²) in [6.07, 6.45) is 3.97. The normalized spacial score (nSPS) is 13.2. The standard InChI is InChI=1S/C14H26ClN3O/c1-5-16-13(7-6-11(2)3)14-12(15)10-17-18(14)8-9-19-4/h10-11,13,16H,5-9H2,1-4H3. The molecule has 1 aromatic heterocycles. The maximum atomic E-state index is 6.31. The smallest absolute Gasteiger partial charge is 0.0834 e. The molecule has 1 N–H and O–H groups in total. The highest BCUT2D eigenvalue weighted by molar-refractivity contribution is 6.31. The molecule has 5 heteroatoms. The molecule has 0 aromatic carbocycles. The Morgan fingerprint density at radius 3 is 2.74 bits per heavy atom. The minimum Gasteiger partial charge on any atom is -0.383 e. The number of hydrogen-bond acceptors (Lipinski definition) is 3. The van der Waals surface area contributed by atoms with Crippen LogP contribution >= 0.6 is 11.6 Å². The van der Waals surface area contributed by atoms with Crippen LogP contribution in [-0.2, 0) is 11.3 Å². The molecule has 1 atom stereocenters. The molecule has 1 rings (SSSR count). The number of halogens is 1. The van der Waals surface area contributed by atoms with Gasteiger partial charge in [0.15, 0.2) is 0 Å². The van der Waals surface area contributed by atoms with Gasteiger partial charge in [-0.3, -0.25) is 4.68 Å². The van der Waals surface area contributed by atoms with E-state index in [0.717, 1.165) is 30.2 Å². The second-order valence-corrected chi connectivity index (χ2v) is 5.58. The Kier molecular flexibility index (Phi) is 7.42. The fraction of sp³-hybridized carbons (Fsp3) is 0.786. The Balaban J connectivity index is 2.83. The number of ether oxygens (including phenoxy) is 1. The SMILES string of the molecule is CCNC(CCC(C)C)c1c(Cl)cnn1CCOC. The van der Waals surface area contributed by atoms with Gasteiger partial charge in [-0.25, -0.2) is 0 Å². The molecule has 0 amide bonds. The predicted molar refractivity (Wildman–Crippen MR) is 79.6 cm³/mol. The molecule has 1 aromatic rings. The fourth-order valence-corrected chi connectivity index (χ4v) is 2.43. The van der Waals surface area contributed by atoms with Crippen molar-refractivity contribution in [3.63, 3.8) is 0 Å². The van der Waals surface area contributed by atoms with Gasteiger partial charge in [0.05, 0.1) is 36.1 Å². The lowest BCUT2D eigenvalue weighted by Gasteiger charge is -2.21. The van der Waals surface area contributed by atoms with Crippen molar-refractivity contribution in [3.05, 3.63) is 16.9 Å². The van der Waals surface area contributed by atoms with Gasteiger partial charge < -0.3 is 10.1 Å². The van der Waals surface area contributed by atoms with Gasteiger partial charge in [0.25, 0.3) is 0 Å². The highest BCUT2D eigenvalue weighted by Gasteiger charge is 2.19. The van der Waals surface area contributed by atoms with E-state index in [1.807, 2.05) is 4.68 Å². The Hall–Kier alpha value is -0.580. The average Bonchev–Trinajstić information content (AvgIpc) is 2.73. The second kappa shape index (κ2) is 8.56. The predicted octanol–water partition coefficient (Wildman–Crippen LogP) is 3.27. The molecule has 19 heavy (non-hydrogen) atoms. The first-order valence-electron chi connectivity index (χ1n) is 7.03. The number of nitrogens with zero attached hydrogens (tertiary/aromatic N) is 2. The molecule has 4 nitrogen and oxygen atoms in total. The third-order valence-electron chi connectivity index (χ3n) is 3.15. The molecule has 1 unspecified atom stereocenters. The summed E-state index contributed by atoms with van der Waals surface area (Å²) in [5, 5.41) is 8.60. The molecule has 0 aliphatic heterocycles. The van der Waals surface area contributed by atoms with E-state index in [2.05, 4.69) is 31.2 Å². The van der Waals surface area contributed by atoms with Crippen LogP contribution < -0.4 is 5.32 Å². The van der Waals surface area contributed by atoms with E-state index in [0.29, 0.717) is 12.5 Å². The van der Waals surface area contributed by atoms with Crippen LogP contribution in [0.5, 0.6) is 0 Å². The van der Waals surface area contributed by atoms with Gasteiger partial charge in [-0.2, -0.15) is 5.10 Å². The van der Waals surface area contributed by atoms with Crippen LogP contribution in [0.1, 0.15) is 45.3 Å². The van der Waals surface area contributed by atoms with E-state index < -0.39 is 0 Å². The van der Waals surface area contributed by atoms with Crippen LogP contribution in [0.2, 0.25) is 5.02 Å². The Morgan fingerprint density at radius 1 is 1.42 bits per heavy atom. The lowest BCUT2D eigenvalue weighted by atomic mass is 10.0. The number of hydrogen-bond donors (Lipinski definition) is 1. The summed E-state index contributed by atoms with van der Waals surface area (Å²) in [7, 11) is 1.70. The first-order chi connectivity index (χ1) is 9.10. The van der Waals surface area contributed by atoms with Crippen LogP contribution in [0.15, 0.2) is 6.20 Å². The summed E-state index contributed by atoms with van der Waals surface area (Å²) < 4.78 is 7.08. The van der Waals surface area contributed by atoms with Crippen LogP contribution in [-0.4, -0.2) is 30.0 Å². The highest BCUT2D eigenvalue weighted by atomic mass is 35.5. The molecule has 0 bridgehead atoms. The molecule has 0 spiro atoms. The van der Waals surface area contributed by atoms with E-state index in [-0.39, 0.29) is 6.04 Å². The van der Waals surface area contributed by atoms with Crippen molar-refractivity contribution in [1.29, 1.82) is 0 Å². The van der Waals surface area contributed by atoms with Crippen LogP contribution in [0, 0.1) is 5.92 Å². The Morgan fingerprint density at radius 2 is 2.16 bits per heavy atom. The number of nitrogens with one attached hydrogen (secondary N) is 1. The molecule has 110 valence electrons. The zero-order valence-electron chi connectivity index (χ0n) is 12.4. The molecule has 0 aliphatic carbocycles. The van der Waals surface area contributed by atoms with Crippen molar-refractivity contribution in [2.75, 3.05) is 20.3 Å². The van der Waals surface area contributed by atoms with Gasteiger partial charge in [0.2, 0.25) is 0 Å². The van der Waals surface area contributed by atoms with Gasteiger partial charge in [-0.1, -0.05) is 32.4 Å². The topological polar surface area (TPSA) is 39.1 Å². The lowest BCUT2D eigenvalue weighted by molar-refractivity contribution is 0.181. The monoisotopic (exact) mass is 287 g/mol. The Bertz CT molecular complexity index is 366. The number of aromatic nitrogens is 2. The van der Waals surface area contributed by atoms with E-state index in [4.69, 9.17) is 16.3 Å². The molecule has 1 heterocycles. The minimum absolute atomic E-state index is 0.263. The number of methoxy groups -OCH3 is 1. The van der Waals surface area contributed by atoms with E-state index in [9.17, 15) is 0 Å². The van der Waals surface area contributed by atoms with Crippen LogP contribution in [0.4, 0.5) is 0 Å². The second-order valence-electron chi connectivity index (χ2n) is 5.18. The van der Waals surface area contributed by atoms with E-state index in [1.54, 1.807) is 13.3 Å². The van der Waals surface area contributed by atoms with Gasteiger partial charge in [0.1, 0.15) is 0 Å². The zero-order chi connectivity index (χ0) is 14.3. The molecule has 0 aliphatic rings. The van der Waals surface area contributed by atoms with Crippen molar-refractivity contribution in [3.8, 4) is 0 Å². The van der Waals surface area contributed by atoms with Gasteiger partial charge in [-0.05, 0) is 25.3 Å². The van der Waals surface area contributed by atoms with Gasteiger partial charge in [0, 0.05) is 7.11 Å². The third kappa shape index (κ3) is 5.13. The maximum Gasteiger partial charge on any atom is 0.0834 e. The van der Waals surface area contributed by atoms with E-state index >= 15 is 0 Å². The van der Waals surface area contributed by atoms with Crippen molar-refractivity contribution in [2.24, 2.45) is 5.92 Å². The van der Waals surface area contributed by atoms with Crippen molar-refractivity contribution in [2.45, 2.75) is 46.2 Å². The summed E-state index contributed by atoms with van der Waals surface area (Å²) >= 11 is 6.31. The van der Waals surface area contributed by atoms with Crippen LogP contribution in [0.3, 0.4) is 0 Å². The third-order valence-corrected chi connectivity index (χ3v) is 3.44. The van der Waals surface area contributed by atoms with E-state index in [1.165, 1.54) is 6.42 Å². The zero-order valence-corrected chi connectivity index (χ0v) is 13.2. The molecular formula is C14H26ClN3O. The summed E-state index contributed by atoms with van der Waals surface area (Å²) in [6, 6.07) is 0.263. The molecule has 0 saturated carbocycles. The summed E-state index contributed by atoms with van der Waals surface area (Å²) in [4.78, 5) is 0.